The van der Waals surface area contributed by atoms with Crippen LogP contribution in [0.2, 0.25) is 0 Å². The number of allylic oxidation sites excluding steroid dienone is 2. The third kappa shape index (κ3) is 7.78. The van der Waals surface area contributed by atoms with Crippen molar-refractivity contribution >= 4 is 23.4 Å². The molecular weight excluding hydrogens is 340 g/mol. The van der Waals surface area contributed by atoms with Crippen LogP contribution in [0.15, 0.2) is 12.2 Å². The summed E-state index contributed by atoms with van der Waals surface area (Å²) in [6, 6.07) is -0.969. The van der Waals surface area contributed by atoms with E-state index in [-0.39, 0.29) is 17.7 Å². The Morgan fingerprint density at radius 3 is 2.64 bits per heavy atom. The summed E-state index contributed by atoms with van der Waals surface area (Å²) >= 11 is 5.80. The monoisotopic (exact) mass is 372 g/mol. The molecule has 25 heavy (non-hydrogen) atoms. The quantitative estimate of drug-likeness (QED) is 0.578. The van der Waals surface area contributed by atoms with Gasteiger partial charge in [-0.05, 0) is 51.4 Å². The molecule has 2 amide bonds. The maximum absolute atomic E-state index is 12.5. The lowest BCUT2D eigenvalue weighted by Gasteiger charge is -2.30. The number of aliphatic hydroxyl groups excluding tert-OH is 1. The van der Waals surface area contributed by atoms with Gasteiger partial charge in [0.25, 0.3) is 0 Å². The Balaban J connectivity index is 2.86. The van der Waals surface area contributed by atoms with Crippen LogP contribution in [0.4, 0.5) is 0 Å². The molecule has 1 rings (SSSR count). The Labute approximate surface area is 156 Å². The van der Waals surface area contributed by atoms with Gasteiger partial charge in [0.05, 0.1) is 18.0 Å². The van der Waals surface area contributed by atoms with Gasteiger partial charge in [-0.25, -0.2) is 0 Å². The Kier molecular flexibility index (Phi) is 10.1. The fourth-order valence-electron chi connectivity index (χ4n) is 3.00. The van der Waals surface area contributed by atoms with Gasteiger partial charge in [0, 0.05) is 13.5 Å². The zero-order valence-electron chi connectivity index (χ0n) is 15.7. The molecule has 2 N–H and O–H groups in total. The molecule has 6 heteroatoms. The number of hydrogen-bond donors (Lipinski definition) is 2. The van der Waals surface area contributed by atoms with Gasteiger partial charge in [0.2, 0.25) is 11.8 Å². The molecule has 0 aliphatic carbocycles. The minimum Gasteiger partial charge on any atom is -0.390 e. The second-order valence-corrected chi connectivity index (χ2v) is 7.46. The molecule has 5 nitrogen and oxygen atoms in total. The number of halogens is 1. The van der Waals surface area contributed by atoms with Gasteiger partial charge < -0.3 is 15.3 Å². The largest absolute Gasteiger partial charge is 0.390 e. The van der Waals surface area contributed by atoms with Crippen molar-refractivity contribution in [2.75, 3.05) is 12.9 Å². The lowest BCUT2D eigenvalue weighted by atomic mass is 9.94. The zero-order valence-corrected chi connectivity index (χ0v) is 16.5. The van der Waals surface area contributed by atoms with Crippen LogP contribution in [0.3, 0.4) is 0 Å². The molecule has 0 saturated heterocycles. The highest BCUT2D eigenvalue weighted by atomic mass is 35.5. The number of rotatable bonds is 2. The minimum atomic E-state index is -0.796. The van der Waals surface area contributed by atoms with E-state index >= 15 is 0 Å². The molecule has 0 aromatic rings. The number of hydrogen-bond acceptors (Lipinski definition) is 3. The van der Waals surface area contributed by atoms with Gasteiger partial charge in [-0.1, -0.05) is 19.1 Å². The molecule has 0 spiro atoms. The van der Waals surface area contributed by atoms with Gasteiger partial charge in [0.1, 0.15) is 6.04 Å². The van der Waals surface area contributed by atoms with E-state index in [1.54, 1.807) is 14.0 Å². The van der Waals surface area contributed by atoms with Gasteiger partial charge >= 0.3 is 0 Å². The van der Waals surface area contributed by atoms with Crippen LogP contribution in [0.25, 0.3) is 0 Å². The van der Waals surface area contributed by atoms with Gasteiger partial charge in [0.15, 0.2) is 0 Å². The first-order chi connectivity index (χ1) is 11.9. The van der Waals surface area contributed by atoms with Crippen molar-refractivity contribution in [3.8, 4) is 0 Å². The molecule has 0 radical (unpaired) electrons. The molecule has 0 saturated carbocycles. The molecule has 4 atom stereocenters. The molecule has 1 aliphatic rings. The highest BCUT2D eigenvalue weighted by molar-refractivity contribution is 6.18. The van der Waals surface area contributed by atoms with E-state index in [1.807, 2.05) is 0 Å². The van der Waals surface area contributed by atoms with Crippen LogP contribution < -0.4 is 5.32 Å². The van der Waals surface area contributed by atoms with Gasteiger partial charge in [-0.2, -0.15) is 0 Å². The summed E-state index contributed by atoms with van der Waals surface area (Å²) in [5.74, 6) is 0.155. The number of aliphatic hydroxyl groups is 1. The first kappa shape index (κ1) is 22.0. The molecule has 0 aromatic carbocycles. The van der Waals surface area contributed by atoms with Crippen LogP contribution >= 0.6 is 11.6 Å². The third-order valence-corrected chi connectivity index (χ3v) is 5.28. The number of nitrogens with zero attached hydrogens (tertiary/aromatic N) is 1. The van der Waals surface area contributed by atoms with Crippen LogP contribution in [-0.2, 0) is 9.59 Å². The molecule has 0 fully saturated rings. The van der Waals surface area contributed by atoms with E-state index in [0.717, 1.165) is 32.1 Å². The molecule has 0 aromatic heterocycles. The lowest BCUT2D eigenvalue weighted by molar-refractivity contribution is -0.139. The second-order valence-electron chi connectivity index (χ2n) is 7.15. The van der Waals surface area contributed by atoms with Crippen LogP contribution in [0.1, 0.15) is 58.8 Å². The smallest absolute Gasteiger partial charge is 0.242 e. The van der Waals surface area contributed by atoms with Crippen molar-refractivity contribution in [1.82, 2.24) is 10.2 Å². The summed E-state index contributed by atoms with van der Waals surface area (Å²) in [6.45, 7) is 3.84. The van der Waals surface area contributed by atoms with E-state index in [2.05, 4.69) is 24.4 Å². The molecule has 0 bridgehead atoms. The fourth-order valence-corrected chi connectivity index (χ4v) is 3.21. The van der Waals surface area contributed by atoms with Crippen molar-refractivity contribution in [3.05, 3.63) is 12.2 Å². The average Bonchev–Trinajstić information content (AvgIpc) is 2.60. The van der Waals surface area contributed by atoms with Crippen LogP contribution in [0.5, 0.6) is 0 Å². The minimum absolute atomic E-state index is 0.0264. The molecule has 144 valence electrons. The topological polar surface area (TPSA) is 69.6 Å². The van der Waals surface area contributed by atoms with E-state index in [9.17, 15) is 14.7 Å². The molecular formula is C19H33ClN2O3. The standard InChI is InChI=1S/C19H33ClN2O3/c1-14-10-8-6-4-5-7-9-11-18(24)22(3)15(2)19(25)21-16(12-14)17(23)13-20/h4,6,14-17,23H,5,7-13H2,1-3H3,(H,21,25)/b6-4-/t14-,15+,16?,17?/m1/s1. The highest BCUT2D eigenvalue weighted by Crippen LogP contribution is 2.17. The Morgan fingerprint density at radius 2 is 1.96 bits per heavy atom. The maximum atomic E-state index is 12.5. The number of carbonyl (C=O) groups is 2. The van der Waals surface area contributed by atoms with Crippen molar-refractivity contribution in [2.45, 2.75) is 77.0 Å². The summed E-state index contributed by atoms with van der Waals surface area (Å²) in [5.41, 5.74) is 0. The van der Waals surface area contributed by atoms with Crippen LogP contribution in [0, 0.1) is 5.92 Å². The van der Waals surface area contributed by atoms with Crippen LogP contribution in [-0.4, -0.2) is 52.9 Å². The number of amides is 2. The Morgan fingerprint density at radius 1 is 1.28 bits per heavy atom. The molecule has 1 aliphatic heterocycles. The van der Waals surface area contributed by atoms with E-state index in [1.165, 1.54) is 4.90 Å². The summed E-state index contributed by atoms with van der Waals surface area (Å²) in [6.07, 6.45) is 9.46. The second kappa shape index (κ2) is 11.5. The highest BCUT2D eigenvalue weighted by Gasteiger charge is 2.28. The summed E-state index contributed by atoms with van der Waals surface area (Å²) in [4.78, 5) is 26.3. The number of alkyl halides is 1. The average molecular weight is 373 g/mol. The fraction of sp³-hybridized carbons (Fsp3) is 0.789. The van der Waals surface area contributed by atoms with Crippen molar-refractivity contribution < 1.29 is 14.7 Å². The van der Waals surface area contributed by atoms with E-state index < -0.39 is 18.2 Å². The summed E-state index contributed by atoms with van der Waals surface area (Å²) in [5, 5.41) is 13.1. The Bertz CT molecular complexity index is 456. The van der Waals surface area contributed by atoms with Gasteiger partial charge in [-0.15, -0.1) is 11.6 Å². The van der Waals surface area contributed by atoms with E-state index in [4.69, 9.17) is 11.6 Å². The van der Waals surface area contributed by atoms with Crippen molar-refractivity contribution in [3.63, 3.8) is 0 Å². The van der Waals surface area contributed by atoms with Gasteiger partial charge in [-0.3, -0.25) is 9.59 Å². The van der Waals surface area contributed by atoms with Crippen molar-refractivity contribution in [2.24, 2.45) is 5.92 Å². The predicted molar refractivity (Wildman–Crippen MR) is 102 cm³/mol. The Hall–Kier alpha value is -1.07. The summed E-state index contributed by atoms with van der Waals surface area (Å²) in [7, 11) is 1.66. The third-order valence-electron chi connectivity index (χ3n) is 4.96. The first-order valence-electron chi connectivity index (χ1n) is 9.31. The number of nitrogens with one attached hydrogen (secondary N) is 1. The molecule has 2 unspecified atom stereocenters. The summed E-state index contributed by atoms with van der Waals surface area (Å²) < 4.78 is 0. The first-order valence-corrected chi connectivity index (χ1v) is 9.85. The lowest BCUT2D eigenvalue weighted by Crippen LogP contribution is -2.52. The normalized spacial score (nSPS) is 30.6. The van der Waals surface area contributed by atoms with Crippen molar-refractivity contribution in [1.29, 1.82) is 0 Å². The predicted octanol–water partition coefficient (Wildman–Crippen LogP) is 2.85. The molecule has 1 heterocycles. The number of carbonyl (C=O) groups excluding carboxylic acids is 2. The zero-order chi connectivity index (χ0) is 18.8. The SMILES string of the molecule is C[C@@H]1CC/C=C\CCCCC(=O)N(C)[C@@H](C)C(=O)NC(C(O)CCl)C1. The van der Waals surface area contributed by atoms with E-state index in [0.29, 0.717) is 18.8 Å². The maximum Gasteiger partial charge on any atom is 0.242 e. The number of likely N-dealkylation sites (N-methyl/N-ethyl adjacent to an activating group) is 1.